The van der Waals surface area contributed by atoms with Crippen molar-refractivity contribution in [3.8, 4) is 0 Å². The fourth-order valence-electron chi connectivity index (χ4n) is 3.17. The van der Waals surface area contributed by atoms with E-state index < -0.39 is 22.0 Å². The van der Waals surface area contributed by atoms with Crippen LogP contribution in [0, 0.1) is 5.92 Å². The van der Waals surface area contributed by atoms with Crippen LogP contribution in [-0.2, 0) is 19.6 Å². The molecule has 2 N–H and O–H groups in total. The van der Waals surface area contributed by atoms with E-state index in [0.717, 1.165) is 0 Å². The minimum Gasteiger partial charge on any atom is -0.453 e. The van der Waals surface area contributed by atoms with Crippen LogP contribution in [0.2, 0.25) is 0 Å². The topological polar surface area (TPSA) is 105 Å². The number of ether oxygens (including phenoxy) is 1. The van der Waals surface area contributed by atoms with Crippen molar-refractivity contribution in [3.63, 3.8) is 0 Å². The maximum absolute atomic E-state index is 13.0. The van der Waals surface area contributed by atoms with Crippen molar-refractivity contribution in [2.24, 2.45) is 5.92 Å². The molecule has 0 saturated carbocycles. The monoisotopic (exact) mass is 417 g/mol. The molecule has 3 rings (SSSR count). The molecule has 29 heavy (non-hydrogen) atoms. The second kappa shape index (κ2) is 9.06. The van der Waals surface area contributed by atoms with Gasteiger partial charge in [-0.05, 0) is 49.2 Å². The van der Waals surface area contributed by atoms with E-state index in [-0.39, 0.29) is 17.3 Å². The Balaban J connectivity index is 1.68. The minimum atomic E-state index is -3.74. The van der Waals surface area contributed by atoms with Gasteiger partial charge in [-0.3, -0.25) is 10.1 Å². The lowest BCUT2D eigenvalue weighted by Crippen LogP contribution is -2.43. The van der Waals surface area contributed by atoms with Crippen molar-refractivity contribution in [1.29, 1.82) is 0 Å². The zero-order valence-electron chi connectivity index (χ0n) is 16.0. The van der Waals surface area contributed by atoms with E-state index in [1.807, 2.05) is 18.2 Å². The number of nitrogens with one attached hydrogen (secondary N) is 2. The fraction of sp³-hybridized carbons (Fsp3) is 0.300. The molecular weight excluding hydrogens is 394 g/mol. The molecule has 1 aliphatic heterocycles. The van der Waals surface area contributed by atoms with Crippen molar-refractivity contribution in [2.45, 2.75) is 17.7 Å². The molecule has 1 saturated heterocycles. The molecule has 0 radical (unpaired) electrons. The highest BCUT2D eigenvalue weighted by Gasteiger charge is 2.33. The lowest BCUT2D eigenvalue weighted by molar-refractivity contribution is -0.120. The molecule has 1 fully saturated rings. The number of rotatable bonds is 5. The molecule has 9 heteroatoms. The Kier molecular flexibility index (Phi) is 6.50. The summed E-state index contributed by atoms with van der Waals surface area (Å²) in [7, 11) is -2.50. The zero-order chi connectivity index (χ0) is 20.9. The van der Waals surface area contributed by atoms with Gasteiger partial charge in [-0.25, -0.2) is 13.2 Å². The fourth-order valence-corrected chi connectivity index (χ4v) is 4.69. The number of anilines is 2. The lowest BCUT2D eigenvalue weighted by atomic mass is 9.99. The standard InChI is InChI=1S/C20H23N3O5S/c1-28-20(25)22-17-9-11-18(12-10-17)29(26,27)23-13-5-6-15(14-23)19(24)21-16-7-3-2-4-8-16/h2-4,7-12,15H,5-6,13-14H2,1H3,(H,21,24)(H,22,25)/t15-/m1/s1. The summed E-state index contributed by atoms with van der Waals surface area (Å²) in [5, 5.41) is 5.31. The maximum atomic E-state index is 13.0. The molecule has 0 unspecified atom stereocenters. The van der Waals surface area contributed by atoms with Crippen LogP contribution in [0.3, 0.4) is 0 Å². The number of sulfonamides is 1. The molecule has 1 heterocycles. The third-order valence-electron chi connectivity index (χ3n) is 4.72. The quantitative estimate of drug-likeness (QED) is 0.778. The van der Waals surface area contributed by atoms with E-state index in [2.05, 4.69) is 15.4 Å². The number of hydrogen-bond donors (Lipinski definition) is 2. The van der Waals surface area contributed by atoms with Crippen molar-refractivity contribution in [3.05, 3.63) is 54.6 Å². The Morgan fingerprint density at radius 2 is 1.66 bits per heavy atom. The number of methoxy groups -OCH3 is 1. The molecule has 2 amide bonds. The van der Waals surface area contributed by atoms with Crippen LogP contribution in [0.15, 0.2) is 59.5 Å². The van der Waals surface area contributed by atoms with E-state index in [1.54, 1.807) is 12.1 Å². The van der Waals surface area contributed by atoms with E-state index in [0.29, 0.717) is 30.8 Å². The van der Waals surface area contributed by atoms with Crippen LogP contribution in [0.25, 0.3) is 0 Å². The largest absolute Gasteiger partial charge is 0.453 e. The number of nitrogens with zero attached hydrogens (tertiary/aromatic N) is 1. The lowest BCUT2D eigenvalue weighted by Gasteiger charge is -2.31. The SMILES string of the molecule is COC(=O)Nc1ccc(S(=O)(=O)N2CCC[C@@H](C(=O)Nc3ccccc3)C2)cc1. The molecule has 8 nitrogen and oxygen atoms in total. The molecule has 2 aromatic rings. The number of piperidine rings is 1. The van der Waals surface area contributed by atoms with Crippen molar-refractivity contribution in [2.75, 3.05) is 30.8 Å². The van der Waals surface area contributed by atoms with E-state index >= 15 is 0 Å². The number of para-hydroxylation sites is 1. The first kappa shape index (κ1) is 20.8. The summed E-state index contributed by atoms with van der Waals surface area (Å²) in [5.74, 6) is -0.604. The van der Waals surface area contributed by atoms with E-state index in [4.69, 9.17) is 0 Å². The zero-order valence-corrected chi connectivity index (χ0v) is 16.8. The van der Waals surface area contributed by atoms with Gasteiger partial charge in [-0.1, -0.05) is 18.2 Å². The third-order valence-corrected chi connectivity index (χ3v) is 6.60. The summed E-state index contributed by atoms with van der Waals surface area (Å²) in [6.07, 6.45) is 0.602. The van der Waals surface area contributed by atoms with Crippen molar-refractivity contribution < 1.29 is 22.7 Å². The van der Waals surface area contributed by atoms with Crippen LogP contribution in [0.5, 0.6) is 0 Å². The molecule has 1 atom stereocenters. The summed E-state index contributed by atoms with van der Waals surface area (Å²) in [5.41, 5.74) is 1.11. The Hall–Kier alpha value is -2.91. The van der Waals surface area contributed by atoms with Crippen molar-refractivity contribution >= 4 is 33.4 Å². The van der Waals surface area contributed by atoms with E-state index in [1.165, 1.54) is 35.7 Å². The van der Waals surface area contributed by atoms with Crippen LogP contribution >= 0.6 is 0 Å². The van der Waals surface area contributed by atoms with Gasteiger partial charge in [0.2, 0.25) is 15.9 Å². The smallest absolute Gasteiger partial charge is 0.411 e. The van der Waals surface area contributed by atoms with Gasteiger partial charge in [0, 0.05) is 24.5 Å². The summed E-state index contributed by atoms with van der Waals surface area (Å²) in [6, 6.07) is 14.9. The Morgan fingerprint density at radius 3 is 2.31 bits per heavy atom. The first-order valence-corrected chi connectivity index (χ1v) is 10.7. The van der Waals surface area contributed by atoms with Gasteiger partial charge in [0.05, 0.1) is 17.9 Å². The number of amides is 2. The second-order valence-corrected chi connectivity index (χ2v) is 8.64. The molecule has 1 aliphatic rings. The molecular formula is C20H23N3O5S. The number of carbonyl (C=O) groups is 2. The highest BCUT2D eigenvalue weighted by atomic mass is 32.2. The van der Waals surface area contributed by atoms with Crippen LogP contribution < -0.4 is 10.6 Å². The first-order valence-electron chi connectivity index (χ1n) is 9.21. The number of hydrogen-bond acceptors (Lipinski definition) is 5. The van der Waals surface area contributed by atoms with Gasteiger partial charge in [-0.2, -0.15) is 4.31 Å². The van der Waals surface area contributed by atoms with Gasteiger partial charge in [-0.15, -0.1) is 0 Å². The van der Waals surface area contributed by atoms with Crippen LogP contribution in [0.4, 0.5) is 16.2 Å². The normalized spacial score (nSPS) is 17.3. The van der Waals surface area contributed by atoms with Crippen LogP contribution in [0.1, 0.15) is 12.8 Å². The summed E-state index contributed by atoms with van der Waals surface area (Å²) < 4.78 is 31.8. The minimum absolute atomic E-state index is 0.108. The third kappa shape index (κ3) is 5.12. The van der Waals surface area contributed by atoms with E-state index in [9.17, 15) is 18.0 Å². The summed E-state index contributed by atoms with van der Waals surface area (Å²) >= 11 is 0. The summed E-state index contributed by atoms with van der Waals surface area (Å²) in [6.45, 7) is 0.489. The van der Waals surface area contributed by atoms with Crippen molar-refractivity contribution in [1.82, 2.24) is 4.31 Å². The molecule has 0 aromatic heterocycles. The van der Waals surface area contributed by atoms with Gasteiger partial charge in [0.1, 0.15) is 0 Å². The average Bonchev–Trinajstić information content (AvgIpc) is 2.75. The predicted octanol–water partition coefficient (Wildman–Crippen LogP) is 2.90. The van der Waals surface area contributed by atoms with Gasteiger partial charge < -0.3 is 10.1 Å². The van der Waals surface area contributed by atoms with Gasteiger partial charge in [0.25, 0.3) is 0 Å². The Morgan fingerprint density at radius 1 is 1.00 bits per heavy atom. The van der Waals surface area contributed by atoms with Gasteiger partial charge in [0.15, 0.2) is 0 Å². The highest BCUT2D eigenvalue weighted by molar-refractivity contribution is 7.89. The second-order valence-electron chi connectivity index (χ2n) is 6.70. The highest BCUT2D eigenvalue weighted by Crippen LogP contribution is 2.25. The number of carbonyl (C=O) groups excluding carboxylic acids is 2. The number of benzene rings is 2. The molecule has 0 bridgehead atoms. The van der Waals surface area contributed by atoms with Crippen LogP contribution in [-0.4, -0.2) is 44.9 Å². The maximum Gasteiger partial charge on any atom is 0.411 e. The molecule has 2 aromatic carbocycles. The molecule has 0 aliphatic carbocycles. The Labute approximate surface area is 169 Å². The molecule has 154 valence electrons. The molecule has 0 spiro atoms. The van der Waals surface area contributed by atoms with Gasteiger partial charge >= 0.3 is 6.09 Å². The summed E-state index contributed by atoms with van der Waals surface area (Å²) in [4.78, 5) is 23.9. The predicted molar refractivity (Wildman–Crippen MR) is 109 cm³/mol. The Bertz CT molecular complexity index is 961. The first-order chi connectivity index (χ1) is 13.9. The average molecular weight is 417 g/mol.